The number of aryl methyl sites for hydroxylation is 2. The first kappa shape index (κ1) is 10.8. The maximum atomic E-state index is 5.93. The predicted octanol–water partition coefficient (Wildman–Crippen LogP) is 3.43. The lowest BCUT2D eigenvalue weighted by molar-refractivity contribution is 1.33. The maximum absolute atomic E-state index is 5.93. The molecule has 18 heavy (non-hydrogen) atoms. The zero-order valence-corrected chi connectivity index (χ0v) is 10.5. The molecule has 3 nitrogen and oxygen atoms in total. The average Bonchev–Trinajstić information content (AvgIpc) is 2.75. The molecular weight excluding hydrogens is 222 g/mol. The van der Waals surface area contributed by atoms with Gasteiger partial charge in [-0.3, -0.25) is 0 Å². The molecule has 0 saturated carbocycles. The van der Waals surface area contributed by atoms with Crippen molar-refractivity contribution in [3.63, 3.8) is 0 Å². The van der Waals surface area contributed by atoms with Gasteiger partial charge < -0.3 is 10.7 Å². The predicted molar refractivity (Wildman–Crippen MR) is 75.4 cm³/mol. The summed E-state index contributed by atoms with van der Waals surface area (Å²) in [4.78, 5) is 7.92. The molecule has 0 aliphatic rings. The van der Waals surface area contributed by atoms with Crippen molar-refractivity contribution in [3.8, 4) is 11.4 Å². The highest BCUT2D eigenvalue weighted by atomic mass is 14.9. The van der Waals surface area contributed by atoms with Crippen molar-refractivity contribution in [1.82, 2.24) is 9.97 Å². The summed E-state index contributed by atoms with van der Waals surface area (Å²) in [5.74, 6) is 0.863. The number of nitrogen functional groups attached to an aromatic ring is 1. The van der Waals surface area contributed by atoms with Crippen molar-refractivity contribution in [2.24, 2.45) is 0 Å². The highest BCUT2D eigenvalue weighted by Gasteiger charge is 2.06. The third kappa shape index (κ3) is 1.74. The van der Waals surface area contributed by atoms with E-state index in [1.807, 2.05) is 31.2 Å². The third-order valence-electron chi connectivity index (χ3n) is 3.19. The number of benzene rings is 2. The molecule has 90 valence electrons. The first-order chi connectivity index (χ1) is 8.63. The fourth-order valence-electron chi connectivity index (χ4n) is 2.05. The number of aromatic nitrogens is 2. The zero-order valence-electron chi connectivity index (χ0n) is 10.5. The Labute approximate surface area is 106 Å². The number of nitrogens with zero attached hydrogens (tertiary/aromatic N) is 1. The summed E-state index contributed by atoms with van der Waals surface area (Å²) in [6.07, 6.45) is 0. The molecule has 0 atom stereocenters. The number of anilines is 1. The van der Waals surface area contributed by atoms with Crippen molar-refractivity contribution in [3.05, 3.63) is 47.5 Å². The zero-order chi connectivity index (χ0) is 12.7. The summed E-state index contributed by atoms with van der Waals surface area (Å²) < 4.78 is 0. The van der Waals surface area contributed by atoms with Crippen molar-refractivity contribution >= 4 is 16.7 Å². The number of aromatic amines is 1. The van der Waals surface area contributed by atoms with Gasteiger partial charge in [0.25, 0.3) is 0 Å². The Hall–Kier alpha value is -2.29. The second-order valence-corrected chi connectivity index (χ2v) is 4.68. The van der Waals surface area contributed by atoms with Crippen LogP contribution in [0.2, 0.25) is 0 Å². The lowest BCUT2D eigenvalue weighted by atomic mass is 10.1. The van der Waals surface area contributed by atoms with Crippen molar-refractivity contribution in [2.75, 3.05) is 5.73 Å². The molecule has 0 radical (unpaired) electrons. The van der Waals surface area contributed by atoms with Gasteiger partial charge in [-0.1, -0.05) is 18.2 Å². The number of rotatable bonds is 1. The van der Waals surface area contributed by atoms with Crippen molar-refractivity contribution in [1.29, 1.82) is 0 Å². The van der Waals surface area contributed by atoms with E-state index in [0.717, 1.165) is 33.7 Å². The quantitative estimate of drug-likeness (QED) is 0.637. The van der Waals surface area contributed by atoms with E-state index in [1.165, 1.54) is 5.56 Å². The first-order valence-corrected chi connectivity index (χ1v) is 5.96. The molecule has 0 amide bonds. The SMILES string of the molecule is Cc1ccc2nc(-c3ccc(C)c(N)c3)[nH]c2c1. The summed E-state index contributed by atoms with van der Waals surface area (Å²) in [7, 11) is 0. The molecule has 0 fully saturated rings. The lowest BCUT2D eigenvalue weighted by Crippen LogP contribution is -1.90. The standard InChI is InChI=1S/C15H15N3/c1-9-3-6-13-14(7-9)18-15(17-13)11-5-4-10(2)12(16)8-11/h3-8H,16H2,1-2H3,(H,17,18). The Bertz CT molecular complexity index is 726. The number of fused-ring (bicyclic) bond motifs is 1. The van der Waals surface area contributed by atoms with Crippen LogP contribution in [0.5, 0.6) is 0 Å². The Kier molecular flexibility index (Phi) is 2.33. The summed E-state index contributed by atoms with van der Waals surface area (Å²) in [5, 5.41) is 0. The molecule has 2 aromatic carbocycles. The van der Waals surface area contributed by atoms with Crippen LogP contribution in [0.15, 0.2) is 36.4 Å². The minimum absolute atomic E-state index is 0.795. The molecule has 0 aliphatic carbocycles. The number of imidazole rings is 1. The monoisotopic (exact) mass is 237 g/mol. The van der Waals surface area contributed by atoms with Crippen LogP contribution in [0.25, 0.3) is 22.4 Å². The first-order valence-electron chi connectivity index (χ1n) is 5.96. The van der Waals surface area contributed by atoms with Crippen LogP contribution in [0, 0.1) is 13.8 Å². The Morgan fingerprint density at radius 3 is 2.67 bits per heavy atom. The summed E-state index contributed by atoms with van der Waals surface area (Å²) in [6.45, 7) is 4.07. The number of nitrogens with two attached hydrogens (primary N) is 1. The van der Waals surface area contributed by atoms with Crippen LogP contribution in [0.3, 0.4) is 0 Å². The molecule has 3 heteroatoms. The largest absolute Gasteiger partial charge is 0.398 e. The molecular formula is C15H15N3. The molecule has 3 N–H and O–H groups in total. The van der Waals surface area contributed by atoms with Crippen LogP contribution in [0.1, 0.15) is 11.1 Å². The van der Waals surface area contributed by atoms with E-state index >= 15 is 0 Å². The Morgan fingerprint density at radius 2 is 1.89 bits per heavy atom. The van der Waals surface area contributed by atoms with Crippen LogP contribution >= 0.6 is 0 Å². The second-order valence-electron chi connectivity index (χ2n) is 4.68. The molecule has 0 saturated heterocycles. The molecule has 3 rings (SSSR count). The van der Waals surface area contributed by atoms with Gasteiger partial charge in [-0.05, 0) is 43.2 Å². The number of nitrogens with one attached hydrogen (secondary N) is 1. The third-order valence-corrected chi connectivity index (χ3v) is 3.19. The van der Waals surface area contributed by atoms with Gasteiger partial charge in [0, 0.05) is 11.3 Å². The van der Waals surface area contributed by atoms with E-state index in [2.05, 4.69) is 29.0 Å². The van der Waals surface area contributed by atoms with Gasteiger partial charge in [-0.25, -0.2) is 4.98 Å². The summed E-state index contributed by atoms with van der Waals surface area (Å²) >= 11 is 0. The van der Waals surface area contributed by atoms with Gasteiger partial charge in [0.05, 0.1) is 11.0 Å². The second kappa shape index (κ2) is 3.88. The van der Waals surface area contributed by atoms with Crippen LogP contribution < -0.4 is 5.73 Å². The Balaban J connectivity index is 2.16. The molecule has 0 aliphatic heterocycles. The van der Waals surface area contributed by atoms with E-state index in [9.17, 15) is 0 Å². The average molecular weight is 237 g/mol. The summed E-state index contributed by atoms with van der Waals surface area (Å²) in [6, 6.07) is 12.2. The topological polar surface area (TPSA) is 54.7 Å². The van der Waals surface area contributed by atoms with E-state index in [1.54, 1.807) is 0 Å². The smallest absolute Gasteiger partial charge is 0.138 e. The van der Waals surface area contributed by atoms with Crippen molar-refractivity contribution in [2.45, 2.75) is 13.8 Å². The minimum atomic E-state index is 0.795. The Morgan fingerprint density at radius 1 is 1.06 bits per heavy atom. The van der Waals surface area contributed by atoms with Gasteiger partial charge in [0.15, 0.2) is 0 Å². The lowest BCUT2D eigenvalue weighted by Gasteiger charge is -2.01. The van der Waals surface area contributed by atoms with E-state index in [0.29, 0.717) is 0 Å². The van der Waals surface area contributed by atoms with Crippen LogP contribution in [-0.2, 0) is 0 Å². The van der Waals surface area contributed by atoms with Crippen LogP contribution in [0.4, 0.5) is 5.69 Å². The summed E-state index contributed by atoms with van der Waals surface area (Å²) in [5.41, 5.74) is 12.1. The fraction of sp³-hybridized carbons (Fsp3) is 0.133. The molecule has 3 aromatic rings. The molecule has 0 bridgehead atoms. The molecule has 1 aromatic heterocycles. The fourth-order valence-corrected chi connectivity index (χ4v) is 2.05. The molecule has 1 heterocycles. The molecule has 0 spiro atoms. The van der Waals surface area contributed by atoms with Gasteiger partial charge in [-0.15, -0.1) is 0 Å². The van der Waals surface area contributed by atoms with Gasteiger partial charge in [0.2, 0.25) is 0 Å². The highest BCUT2D eigenvalue weighted by Crippen LogP contribution is 2.24. The van der Waals surface area contributed by atoms with E-state index in [4.69, 9.17) is 5.73 Å². The minimum Gasteiger partial charge on any atom is -0.398 e. The normalized spacial score (nSPS) is 11.0. The van der Waals surface area contributed by atoms with Gasteiger partial charge >= 0.3 is 0 Å². The molecule has 0 unspecified atom stereocenters. The maximum Gasteiger partial charge on any atom is 0.138 e. The highest BCUT2D eigenvalue weighted by molar-refractivity contribution is 5.80. The van der Waals surface area contributed by atoms with Gasteiger partial charge in [-0.2, -0.15) is 0 Å². The van der Waals surface area contributed by atoms with E-state index in [-0.39, 0.29) is 0 Å². The number of H-pyrrole nitrogens is 1. The number of hydrogen-bond donors (Lipinski definition) is 2. The van der Waals surface area contributed by atoms with E-state index < -0.39 is 0 Å². The number of hydrogen-bond acceptors (Lipinski definition) is 2. The van der Waals surface area contributed by atoms with Gasteiger partial charge in [0.1, 0.15) is 5.82 Å². The van der Waals surface area contributed by atoms with Crippen LogP contribution in [-0.4, -0.2) is 9.97 Å². The van der Waals surface area contributed by atoms with Crippen molar-refractivity contribution < 1.29 is 0 Å².